The van der Waals surface area contributed by atoms with Gasteiger partial charge in [0.2, 0.25) is 17.0 Å². The van der Waals surface area contributed by atoms with E-state index >= 15 is 0 Å². The molecule has 1 heterocycles. The highest BCUT2D eigenvalue weighted by Crippen LogP contribution is 2.22. The molecule has 0 aliphatic heterocycles. The molecule has 1 aromatic rings. The smallest absolute Gasteiger partial charge is 0.235 e. The van der Waals surface area contributed by atoms with Crippen molar-refractivity contribution < 1.29 is 4.79 Å². The summed E-state index contributed by atoms with van der Waals surface area (Å²) in [6.07, 6.45) is 0. The molecular weight excluding hydrogens is 254 g/mol. The van der Waals surface area contributed by atoms with Gasteiger partial charge in [0.25, 0.3) is 0 Å². The molecule has 0 aliphatic carbocycles. The number of rotatable bonds is 4. The van der Waals surface area contributed by atoms with Crippen LogP contribution in [0.25, 0.3) is 0 Å². The number of carbonyl (C=O) groups excluding carboxylic acids is 1. The molecule has 0 spiro atoms. The lowest BCUT2D eigenvalue weighted by atomic mass is 10.3. The molecule has 6 N–H and O–H groups in total. The zero-order valence-electron chi connectivity index (χ0n) is 10.3. The third kappa shape index (κ3) is 4.01. The zero-order valence-corrected chi connectivity index (χ0v) is 11.1. The summed E-state index contributed by atoms with van der Waals surface area (Å²) in [6, 6.07) is 0. The van der Waals surface area contributed by atoms with E-state index in [0.29, 0.717) is 10.8 Å². The number of anilines is 1. The second-order valence-corrected chi connectivity index (χ2v) is 4.45. The van der Waals surface area contributed by atoms with E-state index in [4.69, 9.17) is 11.5 Å². The average molecular weight is 269 g/mol. The molecule has 0 saturated carbocycles. The van der Waals surface area contributed by atoms with Gasteiger partial charge in [-0.1, -0.05) is 11.3 Å². The number of aromatic nitrogens is 1. The molecule has 98 valence electrons. The monoisotopic (exact) mass is 269 g/mol. The Hall–Kier alpha value is -2.16. The lowest BCUT2D eigenvalue weighted by Crippen LogP contribution is -2.26. The first-order chi connectivity index (χ1) is 8.40. The molecular formula is C9H15N7OS. The summed E-state index contributed by atoms with van der Waals surface area (Å²) in [5.74, 6) is -0.302. The highest BCUT2D eigenvalue weighted by molar-refractivity contribution is 7.17. The fourth-order valence-corrected chi connectivity index (χ4v) is 1.97. The second-order valence-electron chi connectivity index (χ2n) is 3.45. The molecule has 0 fully saturated rings. The molecule has 0 aromatic carbocycles. The number of nitrogens with one attached hydrogen (secondary N) is 2. The molecule has 0 radical (unpaired) electrons. The number of nitrogens with two attached hydrogens (primary N) is 2. The average Bonchev–Trinajstić information content (AvgIpc) is 2.64. The van der Waals surface area contributed by atoms with Crippen molar-refractivity contribution in [2.45, 2.75) is 20.8 Å². The van der Waals surface area contributed by atoms with Crippen molar-refractivity contribution >= 4 is 34.0 Å². The van der Waals surface area contributed by atoms with Gasteiger partial charge in [-0.05, 0) is 13.8 Å². The van der Waals surface area contributed by atoms with Crippen molar-refractivity contribution in [1.29, 1.82) is 0 Å². The molecule has 0 aliphatic rings. The molecule has 1 amide bonds. The number of carbonyl (C=O) groups is 1. The molecule has 1 rings (SSSR count). The molecule has 0 bridgehead atoms. The van der Waals surface area contributed by atoms with Gasteiger partial charge in [-0.2, -0.15) is 5.10 Å². The Balaban J connectivity index is 2.87. The first-order valence-corrected chi connectivity index (χ1v) is 5.85. The van der Waals surface area contributed by atoms with Crippen molar-refractivity contribution in [2.24, 2.45) is 21.7 Å². The Labute approximate surface area is 108 Å². The van der Waals surface area contributed by atoms with Crippen LogP contribution in [0.5, 0.6) is 0 Å². The van der Waals surface area contributed by atoms with E-state index in [2.05, 4.69) is 26.0 Å². The van der Waals surface area contributed by atoms with E-state index in [1.807, 2.05) is 6.92 Å². The van der Waals surface area contributed by atoms with E-state index in [-0.39, 0.29) is 11.9 Å². The highest BCUT2D eigenvalue weighted by atomic mass is 32.1. The summed E-state index contributed by atoms with van der Waals surface area (Å²) in [5, 5.41) is 8.01. The number of thiazole rings is 1. The third-order valence-electron chi connectivity index (χ3n) is 1.79. The van der Waals surface area contributed by atoms with Gasteiger partial charge >= 0.3 is 0 Å². The van der Waals surface area contributed by atoms with Gasteiger partial charge in [-0.3, -0.25) is 15.6 Å². The van der Waals surface area contributed by atoms with Gasteiger partial charge in [0, 0.05) is 6.92 Å². The minimum Gasteiger partial charge on any atom is -0.369 e. The summed E-state index contributed by atoms with van der Waals surface area (Å²) >= 11 is 1.34. The van der Waals surface area contributed by atoms with Crippen LogP contribution in [-0.2, 0) is 4.79 Å². The maximum Gasteiger partial charge on any atom is 0.235 e. The second kappa shape index (κ2) is 5.96. The van der Waals surface area contributed by atoms with Crippen LogP contribution in [0.15, 0.2) is 10.2 Å². The van der Waals surface area contributed by atoms with E-state index in [1.165, 1.54) is 18.3 Å². The van der Waals surface area contributed by atoms with Crippen molar-refractivity contribution in [3.63, 3.8) is 0 Å². The number of hydrogen-bond acceptors (Lipinski definition) is 6. The van der Waals surface area contributed by atoms with E-state index in [9.17, 15) is 4.79 Å². The first-order valence-electron chi connectivity index (χ1n) is 5.03. The zero-order chi connectivity index (χ0) is 13.7. The minimum atomic E-state index is -0.199. The van der Waals surface area contributed by atoms with Crippen LogP contribution in [0, 0.1) is 6.92 Å². The number of aryl methyl sites for hydroxylation is 1. The molecule has 0 saturated heterocycles. The predicted octanol–water partition coefficient (Wildman–Crippen LogP) is -0.0881. The van der Waals surface area contributed by atoms with Gasteiger partial charge in [-0.15, -0.1) is 5.10 Å². The van der Waals surface area contributed by atoms with Crippen LogP contribution in [0.1, 0.15) is 24.4 Å². The SMILES string of the molecule is CC(=O)NNc1nc(C)c(/C(C)=N/N=C(N)N)s1. The molecule has 1 aromatic heterocycles. The van der Waals surface area contributed by atoms with Gasteiger partial charge in [-0.25, -0.2) is 4.98 Å². The van der Waals surface area contributed by atoms with Crippen molar-refractivity contribution in [3.8, 4) is 0 Å². The minimum absolute atomic E-state index is 0.104. The number of amides is 1. The van der Waals surface area contributed by atoms with Gasteiger partial charge < -0.3 is 11.5 Å². The van der Waals surface area contributed by atoms with E-state index in [1.54, 1.807) is 6.92 Å². The van der Waals surface area contributed by atoms with E-state index in [0.717, 1.165) is 10.6 Å². The summed E-state index contributed by atoms with van der Waals surface area (Å²) in [4.78, 5) is 15.8. The molecule has 18 heavy (non-hydrogen) atoms. The van der Waals surface area contributed by atoms with Crippen LogP contribution in [-0.4, -0.2) is 22.6 Å². The Morgan fingerprint density at radius 1 is 1.33 bits per heavy atom. The normalized spacial score (nSPS) is 10.9. The number of guanidine groups is 1. The summed E-state index contributed by atoms with van der Waals surface area (Å²) in [5.41, 5.74) is 16.9. The Morgan fingerprint density at radius 3 is 2.56 bits per heavy atom. The number of nitrogens with zero attached hydrogens (tertiary/aromatic N) is 3. The van der Waals surface area contributed by atoms with Gasteiger partial charge in [0.1, 0.15) is 0 Å². The Bertz CT molecular complexity index is 501. The van der Waals surface area contributed by atoms with Gasteiger partial charge in [0.15, 0.2) is 0 Å². The number of hydrazine groups is 1. The van der Waals surface area contributed by atoms with Gasteiger partial charge in [0.05, 0.1) is 16.3 Å². The highest BCUT2D eigenvalue weighted by Gasteiger charge is 2.10. The first kappa shape index (κ1) is 13.9. The molecule has 9 heteroatoms. The quantitative estimate of drug-likeness (QED) is 0.345. The summed E-state index contributed by atoms with van der Waals surface area (Å²) in [6.45, 7) is 5.01. The van der Waals surface area contributed by atoms with Crippen molar-refractivity contribution in [2.75, 3.05) is 5.43 Å². The van der Waals surface area contributed by atoms with Crippen LogP contribution >= 0.6 is 11.3 Å². The third-order valence-corrected chi connectivity index (χ3v) is 2.97. The van der Waals surface area contributed by atoms with Crippen LogP contribution in [0.2, 0.25) is 0 Å². The maximum absolute atomic E-state index is 10.8. The fraction of sp³-hybridized carbons (Fsp3) is 0.333. The molecule has 0 atom stereocenters. The standard InChI is InChI=1S/C9H15N7OS/c1-4-7(5(2)13-15-8(10)11)18-9(12-4)16-14-6(3)17/h1-3H3,(H,12,16)(H,14,17)(H4,10,11,15)/b13-5+. The fourth-order valence-electron chi connectivity index (χ4n) is 1.11. The lowest BCUT2D eigenvalue weighted by molar-refractivity contribution is -0.118. The molecule has 0 unspecified atom stereocenters. The van der Waals surface area contributed by atoms with Crippen molar-refractivity contribution in [1.82, 2.24) is 10.4 Å². The van der Waals surface area contributed by atoms with Crippen LogP contribution in [0.3, 0.4) is 0 Å². The van der Waals surface area contributed by atoms with Crippen LogP contribution in [0.4, 0.5) is 5.13 Å². The largest absolute Gasteiger partial charge is 0.369 e. The lowest BCUT2D eigenvalue weighted by Gasteiger charge is -2.00. The maximum atomic E-state index is 10.8. The predicted molar refractivity (Wildman–Crippen MR) is 72.3 cm³/mol. The Kier molecular flexibility index (Phi) is 4.60. The molecule has 8 nitrogen and oxygen atoms in total. The topological polar surface area (TPSA) is 131 Å². The van der Waals surface area contributed by atoms with Crippen LogP contribution < -0.4 is 22.3 Å². The van der Waals surface area contributed by atoms with E-state index < -0.39 is 0 Å². The Morgan fingerprint density at radius 2 is 2.00 bits per heavy atom. The van der Waals surface area contributed by atoms with Crippen molar-refractivity contribution in [3.05, 3.63) is 10.6 Å². The summed E-state index contributed by atoms with van der Waals surface area (Å²) in [7, 11) is 0. The summed E-state index contributed by atoms with van der Waals surface area (Å²) < 4.78 is 0. The number of hydrogen-bond donors (Lipinski definition) is 4.